The number of ether oxygens (including phenoxy) is 1. The summed E-state index contributed by atoms with van der Waals surface area (Å²) < 4.78 is 47.5. The third-order valence-electron chi connectivity index (χ3n) is 6.86. The van der Waals surface area contributed by atoms with Gasteiger partial charge in [-0.3, -0.25) is 9.69 Å². The second kappa shape index (κ2) is 10.4. The van der Waals surface area contributed by atoms with Gasteiger partial charge in [-0.15, -0.1) is 0 Å². The number of aromatic nitrogens is 1. The molecule has 2 aliphatic heterocycles. The van der Waals surface area contributed by atoms with Crippen LogP contribution in [0.5, 0.6) is 5.75 Å². The van der Waals surface area contributed by atoms with Crippen molar-refractivity contribution in [2.45, 2.75) is 19.1 Å². The zero-order valence-electron chi connectivity index (χ0n) is 21.1. The molecule has 1 saturated heterocycles. The quantitative estimate of drug-likeness (QED) is 0.424. The van der Waals surface area contributed by atoms with E-state index in [1.807, 2.05) is 18.2 Å². The van der Waals surface area contributed by atoms with Gasteiger partial charge in [0, 0.05) is 50.7 Å². The van der Waals surface area contributed by atoms with Gasteiger partial charge in [-0.05, 0) is 30.8 Å². The van der Waals surface area contributed by atoms with Crippen molar-refractivity contribution >= 4 is 34.5 Å². The van der Waals surface area contributed by atoms with Crippen LogP contribution in [0.2, 0.25) is 0 Å². The molecule has 38 heavy (non-hydrogen) atoms. The minimum absolute atomic E-state index is 0.211. The van der Waals surface area contributed by atoms with E-state index >= 15 is 0 Å². The van der Waals surface area contributed by atoms with Gasteiger partial charge in [0.2, 0.25) is 0 Å². The molecule has 0 saturated carbocycles. The van der Waals surface area contributed by atoms with Crippen molar-refractivity contribution < 1.29 is 22.7 Å². The number of hydrogen-bond acceptors (Lipinski definition) is 7. The lowest BCUT2D eigenvalue weighted by molar-refractivity contribution is -0.137. The van der Waals surface area contributed by atoms with E-state index in [-0.39, 0.29) is 28.8 Å². The lowest BCUT2D eigenvalue weighted by atomic mass is 10.1. The van der Waals surface area contributed by atoms with Crippen LogP contribution in [0.1, 0.15) is 22.8 Å². The Bertz CT molecular complexity index is 1330. The van der Waals surface area contributed by atoms with Crippen LogP contribution in [0.4, 0.5) is 41.7 Å². The number of anilines is 5. The highest BCUT2D eigenvalue weighted by molar-refractivity contribution is 6.00. The van der Waals surface area contributed by atoms with E-state index in [1.165, 1.54) is 19.2 Å². The van der Waals surface area contributed by atoms with E-state index in [2.05, 4.69) is 37.7 Å². The molecule has 0 spiro atoms. The number of nitrogens with one attached hydrogen (secondary N) is 3. The van der Waals surface area contributed by atoms with Crippen LogP contribution in [-0.2, 0) is 6.18 Å². The van der Waals surface area contributed by atoms with E-state index in [1.54, 1.807) is 18.2 Å². The molecule has 1 atom stereocenters. The molecule has 11 heteroatoms. The van der Waals surface area contributed by atoms with E-state index < -0.39 is 17.6 Å². The smallest absolute Gasteiger partial charge is 0.419 e. The summed E-state index contributed by atoms with van der Waals surface area (Å²) in [6, 6.07) is 13.6. The monoisotopic (exact) mass is 526 g/mol. The largest absolute Gasteiger partial charge is 0.489 e. The minimum atomic E-state index is -4.65. The summed E-state index contributed by atoms with van der Waals surface area (Å²) in [6.45, 7) is 6.58. The summed E-state index contributed by atoms with van der Waals surface area (Å²) in [5.74, 6) is 0.519. The Morgan fingerprint density at radius 1 is 1.11 bits per heavy atom. The second-order valence-corrected chi connectivity index (χ2v) is 9.22. The zero-order chi connectivity index (χ0) is 26.9. The number of carbonyl (C=O) groups excluding carboxylic acids is 1. The van der Waals surface area contributed by atoms with E-state index in [0.717, 1.165) is 43.8 Å². The number of fused-ring (bicyclic) bond motifs is 3. The average molecular weight is 527 g/mol. The summed E-state index contributed by atoms with van der Waals surface area (Å²) in [7, 11) is 1.46. The third-order valence-corrected chi connectivity index (χ3v) is 6.86. The summed E-state index contributed by atoms with van der Waals surface area (Å²) in [4.78, 5) is 21.0. The summed E-state index contributed by atoms with van der Waals surface area (Å²) in [6.07, 6.45) is -3.87. The molecule has 0 bridgehead atoms. The number of rotatable bonds is 6. The number of halogens is 3. The first-order valence-electron chi connectivity index (χ1n) is 12.4. The molecular formula is C27H29F3N6O2. The topological polar surface area (TPSA) is 81.8 Å². The van der Waals surface area contributed by atoms with Gasteiger partial charge in [-0.1, -0.05) is 19.1 Å². The number of carbonyl (C=O) groups is 1. The molecule has 1 unspecified atom stereocenters. The van der Waals surface area contributed by atoms with E-state index in [9.17, 15) is 18.0 Å². The minimum Gasteiger partial charge on any atom is -0.489 e. The predicted octanol–water partition coefficient (Wildman–Crippen LogP) is 4.85. The van der Waals surface area contributed by atoms with Gasteiger partial charge in [0.1, 0.15) is 18.2 Å². The van der Waals surface area contributed by atoms with Crippen molar-refractivity contribution in [3.63, 3.8) is 0 Å². The average Bonchev–Trinajstić information content (AvgIpc) is 2.92. The van der Waals surface area contributed by atoms with Crippen LogP contribution >= 0.6 is 0 Å². The van der Waals surface area contributed by atoms with Crippen molar-refractivity contribution in [2.24, 2.45) is 0 Å². The molecule has 3 aromatic rings. The maximum atomic E-state index is 13.8. The lowest BCUT2D eigenvalue weighted by Gasteiger charge is -2.45. The molecule has 0 aliphatic carbocycles. The summed E-state index contributed by atoms with van der Waals surface area (Å²) in [5.41, 5.74) is 0.946. The number of nitrogens with zero attached hydrogens (tertiary/aromatic N) is 3. The number of pyridine rings is 1. The molecule has 3 N–H and O–H groups in total. The first kappa shape index (κ1) is 25.7. The van der Waals surface area contributed by atoms with Crippen molar-refractivity contribution in [3.8, 4) is 5.75 Å². The molecule has 5 rings (SSSR count). The number of likely N-dealkylation sites (N-methyl/N-ethyl adjacent to an activating group) is 1. The number of piperazine rings is 1. The molecule has 2 aromatic carbocycles. The molecule has 3 heterocycles. The molecule has 1 aromatic heterocycles. The SMILES string of the molecule is CCN1CCN2c3ccc(Nc4cc(Nc5ccccc5C(=O)NC)c(C(F)(F)F)cn4)cc3OCC2C1. The van der Waals surface area contributed by atoms with Crippen LogP contribution in [0.3, 0.4) is 0 Å². The van der Waals surface area contributed by atoms with Crippen molar-refractivity contribution in [2.75, 3.05) is 55.4 Å². The number of benzene rings is 2. The Morgan fingerprint density at radius 2 is 1.92 bits per heavy atom. The van der Waals surface area contributed by atoms with Gasteiger partial charge in [-0.25, -0.2) is 4.98 Å². The number of alkyl halides is 3. The molecule has 1 fully saturated rings. The third kappa shape index (κ3) is 5.19. The highest BCUT2D eigenvalue weighted by Crippen LogP contribution is 2.40. The number of para-hydroxylation sites is 1. The van der Waals surface area contributed by atoms with Gasteiger partial charge in [0.05, 0.1) is 34.2 Å². The van der Waals surface area contributed by atoms with Crippen molar-refractivity contribution in [1.82, 2.24) is 15.2 Å². The molecule has 1 amide bonds. The maximum absolute atomic E-state index is 13.8. The van der Waals surface area contributed by atoms with Gasteiger partial charge < -0.3 is 25.6 Å². The zero-order valence-corrected chi connectivity index (χ0v) is 21.1. The standard InChI is InChI=1S/C27H29F3N6O2/c1-3-35-10-11-36-18(15-35)16-38-24-12-17(8-9-23(24)36)33-25-13-22(20(14-32-25)27(28,29)30)34-21-7-5-4-6-19(21)26(37)31-2/h4-9,12-14,18H,3,10-11,15-16H2,1-2H3,(H,31,37)(H2,32,33,34). The molecule has 8 nitrogen and oxygen atoms in total. The van der Waals surface area contributed by atoms with E-state index in [4.69, 9.17) is 4.74 Å². The van der Waals surface area contributed by atoms with Crippen molar-refractivity contribution in [3.05, 3.63) is 65.9 Å². The Hall–Kier alpha value is -3.99. The highest BCUT2D eigenvalue weighted by Gasteiger charge is 2.35. The van der Waals surface area contributed by atoms with E-state index in [0.29, 0.717) is 12.3 Å². The van der Waals surface area contributed by atoms with Gasteiger partial charge in [-0.2, -0.15) is 13.2 Å². The molecular weight excluding hydrogens is 497 g/mol. The fourth-order valence-corrected chi connectivity index (χ4v) is 4.87. The highest BCUT2D eigenvalue weighted by atomic mass is 19.4. The van der Waals surface area contributed by atoms with Crippen LogP contribution < -0.4 is 25.6 Å². The van der Waals surface area contributed by atoms with Gasteiger partial charge in [0.15, 0.2) is 0 Å². The molecule has 0 radical (unpaired) electrons. The maximum Gasteiger partial charge on any atom is 0.419 e. The van der Waals surface area contributed by atoms with Gasteiger partial charge in [0.25, 0.3) is 5.91 Å². The van der Waals surface area contributed by atoms with Crippen LogP contribution in [0.25, 0.3) is 0 Å². The normalized spacial score (nSPS) is 17.2. The molecule has 2 aliphatic rings. The first-order chi connectivity index (χ1) is 18.3. The predicted molar refractivity (Wildman–Crippen MR) is 141 cm³/mol. The Labute approximate surface area is 218 Å². The van der Waals surface area contributed by atoms with Gasteiger partial charge >= 0.3 is 6.18 Å². The fraction of sp³-hybridized carbons (Fsp3) is 0.333. The second-order valence-electron chi connectivity index (χ2n) is 9.22. The summed E-state index contributed by atoms with van der Waals surface area (Å²) in [5, 5.41) is 8.37. The summed E-state index contributed by atoms with van der Waals surface area (Å²) >= 11 is 0. The number of hydrogen-bond donors (Lipinski definition) is 3. The first-order valence-corrected chi connectivity index (χ1v) is 12.4. The Kier molecular flexibility index (Phi) is 7.02. The van der Waals surface area contributed by atoms with Crippen LogP contribution in [0, 0.1) is 0 Å². The van der Waals surface area contributed by atoms with Crippen LogP contribution in [-0.4, -0.2) is 61.7 Å². The van der Waals surface area contributed by atoms with Crippen LogP contribution in [0.15, 0.2) is 54.7 Å². The number of amides is 1. The Balaban J connectivity index is 1.41. The van der Waals surface area contributed by atoms with Crippen molar-refractivity contribution in [1.29, 1.82) is 0 Å². The lowest BCUT2D eigenvalue weighted by Crippen LogP contribution is -2.57. The molecule has 200 valence electrons. The fourth-order valence-electron chi connectivity index (χ4n) is 4.87. The Morgan fingerprint density at radius 3 is 2.68 bits per heavy atom.